The fourth-order valence-electron chi connectivity index (χ4n) is 2.72. The molecule has 0 atom stereocenters. The Balaban J connectivity index is 1.64. The van der Waals surface area contributed by atoms with Crippen molar-refractivity contribution in [3.63, 3.8) is 0 Å². The molecule has 8 nitrogen and oxygen atoms in total. The lowest BCUT2D eigenvalue weighted by Gasteiger charge is -2.09. The van der Waals surface area contributed by atoms with Crippen LogP contribution in [0, 0.1) is 6.92 Å². The number of aryl methyl sites for hydroxylation is 1. The molecule has 9 heteroatoms. The summed E-state index contributed by atoms with van der Waals surface area (Å²) in [4.78, 5) is 29.4. The van der Waals surface area contributed by atoms with E-state index in [4.69, 9.17) is 20.5 Å². The van der Waals surface area contributed by atoms with Gasteiger partial charge in [0.05, 0.1) is 33.5 Å². The highest BCUT2D eigenvalue weighted by Crippen LogP contribution is 2.27. The number of hydrogen-bond acceptors (Lipinski definition) is 6. The van der Waals surface area contributed by atoms with E-state index in [0.29, 0.717) is 22.5 Å². The number of fused-ring (bicyclic) bond motifs is 1. The van der Waals surface area contributed by atoms with E-state index < -0.39 is 11.8 Å². The number of carbonyl (C=O) groups is 2. The molecule has 28 heavy (non-hydrogen) atoms. The number of hydrogen-bond donors (Lipinski definition) is 2. The second-order valence-corrected chi connectivity index (χ2v) is 6.28. The molecule has 0 aliphatic carbocycles. The molecule has 0 unspecified atom stereocenters. The van der Waals surface area contributed by atoms with E-state index in [-0.39, 0.29) is 21.9 Å². The van der Waals surface area contributed by atoms with E-state index in [1.165, 1.54) is 6.26 Å². The molecule has 0 saturated carbocycles. The number of rotatable bonds is 3. The highest BCUT2D eigenvalue weighted by molar-refractivity contribution is 6.33. The SMILES string of the molecule is Cc1noc2nc(-c3ccco3)cc(C(=O)NNC(=O)c3ccccc3Cl)c12. The minimum Gasteiger partial charge on any atom is -0.463 e. The highest BCUT2D eigenvalue weighted by Gasteiger charge is 2.21. The van der Waals surface area contributed by atoms with Crippen LogP contribution in [-0.4, -0.2) is 22.0 Å². The van der Waals surface area contributed by atoms with Gasteiger partial charge in [-0.2, -0.15) is 0 Å². The summed E-state index contributed by atoms with van der Waals surface area (Å²) in [6, 6.07) is 11.5. The molecule has 4 aromatic rings. The molecular weight excluding hydrogens is 384 g/mol. The van der Waals surface area contributed by atoms with Gasteiger partial charge in [-0.05, 0) is 37.3 Å². The van der Waals surface area contributed by atoms with Crippen molar-refractivity contribution in [2.24, 2.45) is 0 Å². The van der Waals surface area contributed by atoms with E-state index >= 15 is 0 Å². The molecule has 0 spiro atoms. The van der Waals surface area contributed by atoms with Gasteiger partial charge >= 0.3 is 0 Å². The van der Waals surface area contributed by atoms with Gasteiger partial charge in [-0.1, -0.05) is 28.9 Å². The summed E-state index contributed by atoms with van der Waals surface area (Å²) in [7, 11) is 0. The zero-order chi connectivity index (χ0) is 19.7. The molecule has 4 rings (SSSR count). The van der Waals surface area contributed by atoms with Gasteiger partial charge in [0.15, 0.2) is 5.76 Å². The third-order valence-corrected chi connectivity index (χ3v) is 4.37. The number of nitrogens with zero attached hydrogens (tertiary/aromatic N) is 2. The second kappa shape index (κ2) is 7.16. The Morgan fingerprint density at radius 2 is 1.79 bits per heavy atom. The fraction of sp³-hybridized carbons (Fsp3) is 0.0526. The van der Waals surface area contributed by atoms with Crippen LogP contribution in [0.5, 0.6) is 0 Å². The first-order chi connectivity index (χ1) is 13.5. The molecule has 0 aliphatic heterocycles. The van der Waals surface area contributed by atoms with Gasteiger partial charge in [-0.3, -0.25) is 20.4 Å². The Labute approximate surface area is 163 Å². The van der Waals surface area contributed by atoms with Crippen LogP contribution in [0.1, 0.15) is 26.4 Å². The van der Waals surface area contributed by atoms with E-state index in [2.05, 4.69) is 21.0 Å². The maximum absolute atomic E-state index is 12.8. The van der Waals surface area contributed by atoms with Crippen molar-refractivity contribution in [1.29, 1.82) is 0 Å². The van der Waals surface area contributed by atoms with Crippen LogP contribution in [0.25, 0.3) is 22.6 Å². The van der Waals surface area contributed by atoms with E-state index in [9.17, 15) is 9.59 Å². The normalized spacial score (nSPS) is 10.8. The molecule has 3 aromatic heterocycles. The summed E-state index contributed by atoms with van der Waals surface area (Å²) in [5, 5.41) is 4.58. The van der Waals surface area contributed by atoms with E-state index in [0.717, 1.165) is 0 Å². The standard InChI is InChI=1S/C19H13ClN4O4/c1-10-16-12(9-14(15-7-4-8-27-15)21-19(16)28-24-10)18(26)23-22-17(25)11-5-2-3-6-13(11)20/h2-9H,1H3,(H,22,25)(H,23,26). The van der Waals surface area contributed by atoms with Crippen LogP contribution >= 0.6 is 11.6 Å². The summed E-state index contributed by atoms with van der Waals surface area (Å²) in [6.07, 6.45) is 1.50. The zero-order valence-electron chi connectivity index (χ0n) is 14.5. The third-order valence-electron chi connectivity index (χ3n) is 4.04. The monoisotopic (exact) mass is 396 g/mol. The highest BCUT2D eigenvalue weighted by atomic mass is 35.5. The van der Waals surface area contributed by atoms with Gasteiger partial charge < -0.3 is 8.94 Å². The smallest absolute Gasteiger partial charge is 0.271 e. The molecular formula is C19H13ClN4O4. The maximum Gasteiger partial charge on any atom is 0.271 e. The quantitative estimate of drug-likeness (QED) is 0.512. The number of aromatic nitrogens is 2. The minimum absolute atomic E-state index is 0.189. The Bertz CT molecular complexity index is 1180. The zero-order valence-corrected chi connectivity index (χ0v) is 15.3. The number of halogens is 1. The minimum atomic E-state index is -0.563. The molecule has 2 amide bonds. The van der Waals surface area contributed by atoms with Crippen LogP contribution in [0.2, 0.25) is 5.02 Å². The molecule has 2 N–H and O–H groups in total. The van der Waals surface area contributed by atoms with E-state index in [1.54, 1.807) is 49.4 Å². The molecule has 0 radical (unpaired) electrons. The Morgan fingerprint density at radius 3 is 2.50 bits per heavy atom. The first kappa shape index (κ1) is 17.7. The van der Waals surface area contributed by atoms with Crippen molar-refractivity contribution in [3.05, 3.63) is 70.6 Å². The molecule has 1 aromatic carbocycles. The predicted octanol–water partition coefficient (Wildman–Crippen LogP) is 3.52. The number of nitrogens with one attached hydrogen (secondary N) is 2. The van der Waals surface area contributed by atoms with Crippen molar-refractivity contribution in [1.82, 2.24) is 21.0 Å². The fourth-order valence-corrected chi connectivity index (χ4v) is 2.94. The number of benzene rings is 1. The molecule has 140 valence electrons. The van der Waals surface area contributed by atoms with Crippen LogP contribution in [0.4, 0.5) is 0 Å². The topological polar surface area (TPSA) is 110 Å². The number of amides is 2. The Hall–Kier alpha value is -3.65. The summed E-state index contributed by atoms with van der Waals surface area (Å²) < 4.78 is 10.5. The van der Waals surface area contributed by atoms with Gasteiger partial charge in [-0.25, -0.2) is 4.98 Å². The number of pyridine rings is 1. The second-order valence-electron chi connectivity index (χ2n) is 5.87. The average molecular weight is 397 g/mol. The van der Waals surface area contributed by atoms with Crippen LogP contribution < -0.4 is 10.9 Å². The first-order valence-corrected chi connectivity index (χ1v) is 8.58. The lowest BCUT2D eigenvalue weighted by molar-refractivity contribution is 0.0847. The number of carbonyl (C=O) groups excluding carboxylic acids is 2. The first-order valence-electron chi connectivity index (χ1n) is 8.20. The summed E-state index contributed by atoms with van der Waals surface area (Å²) in [6.45, 7) is 1.69. The molecule has 0 saturated heterocycles. The van der Waals surface area contributed by atoms with Crippen LogP contribution in [0.3, 0.4) is 0 Å². The van der Waals surface area contributed by atoms with Crippen molar-refractivity contribution >= 4 is 34.5 Å². The number of hydrazine groups is 1. The third kappa shape index (κ3) is 3.21. The summed E-state index contributed by atoms with van der Waals surface area (Å²) in [5.41, 5.74) is 6.29. The average Bonchev–Trinajstić information content (AvgIpc) is 3.36. The predicted molar refractivity (Wildman–Crippen MR) is 101 cm³/mol. The van der Waals surface area contributed by atoms with Crippen molar-refractivity contribution in [3.8, 4) is 11.5 Å². The van der Waals surface area contributed by atoms with Gasteiger partial charge in [0, 0.05) is 0 Å². The van der Waals surface area contributed by atoms with Crippen LogP contribution in [-0.2, 0) is 0 Å². The molecule has 0 fully saturated rings. The van der Waals surface area contributed by atoms with Crippen molar-refractivity contribution < 1.29 is 18.5 Å². The maximum atomic E-state index is 12.8. The molecule has 3 heterocycles. The summed E-state index contributed by atoms with van der Waals surface area (Å²) >= 11 is 6.00. The van der Waals surface area contributed by atoms with E-state index in [1.807, 2.05) is 0 Å². The molecule has 0 aliphatic rings. The lowest BCUT2D eigenvalue weighted by atomic mass is 10.1. The lowest BCUT2D eigenvalue weighted by Crippen LogP contribution is -2.41. The van der Waals surface area contributed by atoms with Crippen molar-refractivity contribution in [2.75, 3.05) is 0 Å². The van der Waals surface area contributed by atoms with Crippen LogP contribution in [0.15, 0.2) is 57.7 Å². The Morgan fingerprint density at radius 1 is 1.04 bits per heavy atom. The Kier molecular flexibility index (Phi) is 4.54. The largest absolute Gasteiger partial charge is 0.463 e. The molecule has 0 bridgehead atoms. The van der Waals surface area contributed by atoms with Crippen molar-refractivity contribution in [2.45, 2.75) is 6.92 Å². The number of furan rings is 1. The van der Waals surface area contributed by atoms with Gasteiger partial charge in [-0.15, -0.1) is 0 Å². The van der Waals surface area contributed by atoms with Gasteiger partial charge in [0.2, 0.25) is 0 Å². The van der Waals surface area contributed by atoms with Gasteiger partial charge in [0.25, 0.3) is 17.5 Å². The summed E-state index contributed by atoms with van der Waals surface area (Å²) in [5.74, 6) is -0.644. The van der Waals surface area contributed by atoms with Gasteiger partial charge in [0.1, 0.15) is 5.69 Å².